The molecular weight excluding hydrogens is 452 g/mol. The SMILES string of the molecule is O=C(COc1ccc(S(=O)(=O)N2CCOCC2)cc1Cl)NCc1cccc2ccccc12. The summed E-state index contributed by atoms with van der Waals surface area (Å²) in [5, 5.41) is 5.15. The smallest absolute Gasteiger partial charge is 0.258 e. The van der Waals surface area contributed by atoms with Gasteiger partial charge in [-0.3, -0.25) is 4.79 Å². The number of carbonyl (C=O) groups is 1. The van der Waals surface area contributed by atoms with E-state index >= 15 is 0 Å². The van der Waals surface area contributed by atoms with Crippen LogP contribution in [0.15, 0.2) is 65.6 Å². The van der Waals surface area contributed by atoms with Crippen LogP contribution >= 0.6 is 11.6 Å². The minimum absolute atomic E-state index is 0.0807. The van der Waals surface area contributed by atoms with E-state index in [1.165, 1.54) is 22.5 Å². The number of fused-ring (bicyclic) bond motifs is 1. The number of hydrogen-bond acceptors (Lipinski definition) is 5. The van der Waals surface area contributed by atoms with Gasteiger partial charge in [0, 0.05) is 19.6 Å². The maximum atomic E-state index is 12.7. The van der Waals surface area contributed by atoms with Crippen LogP contribution < -0.4 is 10.1 Å². The highest BCUT2D eigenvalue weighted by Gasteiger charge is 2.27. The molecule has 1 N–H and O–H groups in total. The van der Waals surface area contributed by atoms with Crippen molar-refractivity contribution in [3.63, 3.8) is 0 Å². The van der Waals surface area contributed by atoms with Crippen molar-refractivity contribution in [3.8, 4) is 5.75 Å². The van der Waals surface area contributed by atoms with Gasteiger partial charge in [0.1, 0.15) is 5.75 Å². The molecule has 3 aromatic carbocycles. The van der Waals surface area contributed by atoms with Crippen molar-refractivity contribution in [1.29, 1.82) is 0 Å². The summed E-state index contributed by atoms with van der Waals surface area (Å²) in [5.41, 5.74) is 1.01. The Morgan fingerprint density at radius 2 is 1.81 bits per heavy atom. The normalized spacial score (nSPS) is 14.9. The van der Waals surface area contributed by atoms with Crippen LogP contribution in [0.2, 0.25) is 5.02 Å². The number of nitrogens with one attached hydrogen (secondary N) is 1. The van der Waals surface area contributed by atoms with Crippen LogP contribution in [0.4, 0.5) is 0 Å². The predicted molar refractivity (Wildman–Crippen MR) is 122 cm³/mol. The molecule has 1 saturated heterocycles. The number of hydrogen-bond donors (Lipinski definition) is 1. The number of carbonyl (C=O) groups excluding carboxylic acids is 1. The number of rotatable bonds is 7. The Bertz CT molecular complexity index is 1220. The largest absolute Gasteiger partial charge is 0.482 e. The third kappa shape index (κ3) is 5.05. The van der Waals surface area contributed by atoms with Crippen molar-refractivity contribution in [2.45, 2.75) is 11.4 Å². The van der Waals surface area contributed by atoms with Gasteiger partial charge in [-0.1, -0.05) is 54.1 Å². The number of nitrogens with zero attached hydrogens (tertiary/aromatic N) is 1. The number of halogens is 1. The van der Waals surface area contributed by atoms with Gasteiger partial charge in [-0.2, -0.15) is 4.31 Å². The third-order valence-corrected chi connectivity index (χ3v) is 7.42. The average Bonchev–Trinajstić information content (AvgIpc) is 2.82. The van der Waals surface area contributed by atoms with Crippen LogP contribution in [-0.2, 0) is 26.1 Å². The zero-order valence-electron chi connectivity index (χ0n) is 17.3. The van der Waals surface area contributed by atoms with Crippen molar-refractivity contribution in [2.24, 2.45) is 0 Å². The summed E-state index contributed by atoms with van der Waals surface area (Å²) in [6.07, 6.45) is 0. The van der Waals surface area contributed by atoms with Gasteiger partial charge < -0.3 is 14.8 Å². The lowest BCUT2D eigenvalue weighted by Crippen LogP contribution is -2.40. The van der Waals surface area contributed by atoms with Gasteiger partial charge in [0.2, 0.25) is 10.0 Å². The van der Waals surface area contributed by atoms with E-state index in [0.717, 1.165) is 16.3 Å². The van der Waals surface area contributed by atoms with Crippen molar-refractivity contribution in [1.82, 2.24) is 9.62 Å². The fourth-order valence-electron chi connectivity index (χ4n) is 3.53. The molecule has 7 nitrogen and oxygen atoms in total. The zero-order chi connectivity index (χ0) is 22.6. The first-order chi connectivity index (χ1) is 15.4. The van der Waals surface area contributed by atoms with E-state index in [1.807, 2.05) is 42.5 Å². The highest BCUT2D eigenvalue weighted by Crippen LogP contribution is 2.29. The molecule has 0 spiro atoms. The van der Waals surface area contributed by atoms with E-state index in [1.54, 1.807) is 0 Å². The molecule has 1 fully saturated rings. The lowest BCUT2D eigenvalue weighted by Gasteiger charge is -2.26. The molecule has 1 heterocycles. The summed E-state index contributed by atoms with van der Waals surface area (Å²) in [6, 6.07) is 18.1. The van der Waals surface area contributed by atoms with E-state index in [0.29, 0.717) is 32.8 Å². The Labute approximate surface area is 191 Å². The molecule has 4 rings (SSSR count). The number of ether oxygens (including phenoxy) is 2. The maximum absolute atomic E-state index is 12.7. The first-order valence-corrected chi connectivity index (χ1v) is 12.0. The van der Waals surface area contributed by atoms with Crippen molar-refractivity contribution < 1.29 is 22.7 Å². The van der Waals surface area contributed by atoms with E-state index in [2.05, 4.69) is 5.32 Å². The first kappa shape index (κ1) is 22.5. The van der Waals surface area contributed by atoms with E-state index in [9.17, 15) is 13.2 Å². The number of sulfonamides is 1. The summed E-state index contributed by atoms with van der Waals surface area (Å²) in [4.78, 5) is 12.4. The first-order valence-electron chi connectivity index (χ1n) is 10.2. The summed E-state index contributed by atoms with van der Waals surface area (Å²) in [6.45, 7) is 1.46. The minimum Gasteiger partial charge on any atom is -0.482 e. The highest BCUT2D eigenvalue weighted by molar-refractivity contribution is 7.89. The lowest BCUT2D eigenvalue weighted by atomic mass is 10.0. The number of benzene rings is 3. The maximum Gasteiger partial charge on any atom is 0.258 e. The van der Waals surface area contributed by atoms with Crippen LogP contribution in [0.3, 0.4) is 0 Å². The van der Waals surface area contributed by atoms with Crippen molar-refractivity contribution in [3.05, 3.63) is 71.2 Å². The molecule has 1 aliphatic rings. The fourth-order valence-corrected chi connectivity index (χ4v) is 5.26. The predicted octanol–water partition coefficient (Wildman–Crippen LogP) is 3.21. The van der Waals surface area contributed by atoms with Gasteiger partial charge in [0.15, 0.2) is 6.61 Å². The number of amides is 1. The molecule has 0 saturated carbocycles. The van der Waals surface area contributed by atoms with Gasteiger partial charge in [-0.05, 0) is 34.5 Å². The second-order valence-electron chi connectivity index (χ2n) is 7.31. The van der Waals surface area contributed by atoms with Gasteiger partial charge in [-0.15, -0.1) is 0 Å². The van der Waals surface area contributed by atoms with Crippen LogP contribution in [0.1, 0.15) is 5.56 Å². The standard InChI is InChI=1S/C23H23ClN2O5S/c24-21-14-19(32(28,29)26-10-12-30-13-11-26)8-9-22(21)31-16-23(27)25-15-18-6-3-5-17-4-1-2-7-20(17)18/h1-9,14H,10-13,15-16H2,(H,25,27). The quantitative estimate of drug-likeness (QED) is 0.568. The molecule has 0 aliphatic carbocycles. The van der Waals surface area contributed by atoms with Crippen LogP contribution in [0.5, 0.6) is 5.75 Å². The Hall–Kier alpha value is -2.65. The molecule has 0 radical (unpaired) electrons. The molecule has 0 unspecified atom stereocenters. The second kappa shape index (κ2) is 9.87. The lowest BCUT2D eigenvalue weighted by molar-refractivity contribution is -0.123. The number of morpholine rings is 1. The van der Waals surface area contributed by atoms with Crippen LogP contribution in [0.25, 0.3) is 10.8 Å². The topological polar surface area (TPSA) is 84.9 Å². The third-order valence-electron chi connectivity index (χ3n) is 5.23. The fraction of sp³-hybridized carbons (Fsp3) is 0.261. The molecular formula is C23H23ClN2O5S. The van der Waals surface area contributed by atoms with Crippen LogP contribution in [0, 0.1) is 0 Å². The van der Waals surface area contributed by atoms with Gasteiger partial charge >= 0.3 is 0 Å². The second-order valence-corrected chi connectivity index (χ2v) is 9.66. The summed E-state index contributed by atoms with van der Waals surface area (Å²) >= 11 is 6.23. The monoisotopic (exact) mass is 474 g/mol. The Morgan fingerprint density at radius 1 is 1.06 bits per heavy atom. The van der Waals surface area contributed by atoms with Gasteiger partial charge in [0.05, 0.1) is 23.1 Å². The minimum atomic E-state index is -3.66. The Balaban J connectivity index is 1.35. The molecule has 0 atom stereocenters. The molecule has 0 aromatic heterocycles. The molecule has 168 valence electrons. The van der Waals surface area contributed by atoms with E-state index in [-0.39, 0.29) is 28.2 Å². The average molecular weight is 475 g/mol. The molecule has 1 amide bonds. The van der Waals surface area contributed by atoms with Gasteiger partial charge in [-0.25, -0.2) is 8.42 Å². The Morgan fingerprint density at radius 3 is 2.59 bits per heavy atom. The summed E-state index contributed by atoms with van der Waals surface area (Å²) < 4.78 is 37.6. The van der Waals surface area contributed by atoms with Crippen molar-refractivity contribution in [2.75, 3.05) is 32.9 Å². The van der Waals surface area contributed by atoms with Crippen molar-refractivity contribution >= 4 is 38.3 Å². The highest BCUT2D eigenvalue weighted by atomic mass is 35.5. The van der Waals surface area contributed by atoms with E-state index in [4.69, 9.17) is 21.1 Å². The summed E-state index contributed by atoms with van der Waals surface area (Å²) in [7, 11) is -3.66. The molecule has 0 bridgehead atoms. The molecule has 1 aliphatic heterocycles. The van der Waals surface area contributed by atoms with E-state index < -0.39 is 10.0 Å². The van der Waals surface area contributed by atoms with Gasteiger partial charge in [0.25, 0.3) is 5.91 Å². The molecule has 3 aromatic rings. The molecule has 9 heteroatoms. The zero-order valence-corrected chi connectivity index (χ0v) is 18.9. The molecule has 32 heavy (non-hydrogen) atoms. The Kier molecular flexibility index (Phi) is 6.95. The van der Waals surface area contributed by atoms with Crippen LogP contribution in [-0.4, -0.2) is 51.5 Å². The summed E-state index contributed by atoms with van der Waals surface area (Å²) in [5.74, 6) is -0.0630.